The lowest BCUT2D eigenvalue weighted by Gasteiger charge is -2.25. The topological polar surface area (TPSA) is 97.3 Å². The van der Waals surface area contributed by atoms with Crippen molar-refractivity contribution in [3.8, 4) is 11.5 Å². The smallest absolute Gasteiger partial charge is 0.264 e. The van der Waals surface area contributed by atoms with Crippen LogP contribution in [0.25, 0.3) is 0 Å². The molecule has 0 atom stereocenters. The summed E-state index contributed by atoms with van der Waals surface area (Å²) in [6, 6.07) is 21.1. The van der Waals surface area contributed by atoms with Gasteiger partial charge in [0, 0.05) is 20.6 Å². The largest absolute Gasteiger partial charge is 0.493 e. The van der Waals surface area contributed by atoms with Crippen molar-refractivity contribution in [2.75, 3.05) is 18.0 Å². The molecule has 0 aromatic heterocycles. The Morgan fingerprint density at radius 3 is 2.37 bits per heavy atom. The van der Waals surface area contributed by atoms with E-state index in [0.29, 0.717) is 47.9 Å². The summed E-state index contributed by atoms with van der Waals surface area (Å²) >= 11 is 21.8. The molecule has 0 aliphatic carbocycles. The van der Waals surface area contributed by atoms with Gasteiger partial charge in [-0.25, -0.2) is 13.8 Å². The van der Waals surface area contributed by atoms with Crippen LogP contribution in [0.1, 0.15) is 16.7 Å². The summed E-state index contributed by atoms with van der Waals surface area (Å²) in [7, 11) is -2.59. The van der Waals surface area contributed by atoms with Gasteiger partial charge in [-0.05, 0) is 88.6 Å². The third-order valence-electron chi connectivity index (χ3n) is 6.09. The van der Waals surface area contributed by atoms with Crippen molar-refractivity contribution < 1.29 is 22.7 Å². The van der Waals surface area contributed by atoms with Crippen LogP contribution in [0, 0.1) is 6.92 Å². The highest BCUT2D eigenvalue weighted by molar-refractivity contribution is 9.10. The van der Waals surface area contributed by atoms with Gasteiger partial charge in [-0.1, -0.05) is 59.1 Å². The highest BCUT2D eigenvalue weighted by Crippen LogP contribution is 2.37. The second-order valence-electron chi connectivity index (χ2n) is 9.11. The lowest BCUT2D eigenvalue weighted by Crippen LogP contribution is -2.40. The molecule has 0 fully saturated rings. The Kier molecular flexibility index (Phi) is 11.0. The Hall–Kier alpha value is -3.28. The molecule has 0 radical (unpaired) electrons. The number of sulfonamides is 1. The van der Waals surface area contributed by atoms with Gasteiger partial charge in [0.25, 0.3) is 15.9 Å². The van der Waals surface area contributed by atoms with Crippen LogP contribution in [0.5, 0.6) is 11.5 Å². The van der Waals surface area contributed by atoms with E-state index in [-0.39, 0.29) is 11.5 Å². The monoisotopic (exact) mass is 723 g/mol. The number of rotatable bonds is 11. The first-order valence-corrected chi connectivity index (χ1v) is 16.0. The summed E-state index contributed by atoms with van der Waals surface area (Å²) in [6.07, 6.45) is 1.40. The molecule has 0 saturated carbocycles. The molecule has 0 aliphatic heterocycles. The van der Waals surface area contributed by atoms with Gasteiger partial charge in [-0.3, -0.25) is 9.10 Å². The van der Waals surface area contributed by atoms with Crippen LogP contribution in [0.3, 0.4) is 0 Å². The lowest BCUT2D eigenvalue weighted by atomic mass is 10.2. The minimum Gasteiger partial charge on any atom is -0.493 e. The molecule has 43 heavy (non-hydrogen) atoms. The number of anilines is 1. The number of nitrogens with one attached hydrogen (secondary N) is 1. The van der Waals surface area contributed by atoms with Crippen LogP contribution in [0.4, 0.5) is 5.69 Å². The molecule has 0 heterocycles. The van der Waals surface area contributed by atoms with Gasteiger partial charge in [0.1, 0.15) is 13.2 Å². The average molecular weight is 726 g/mol. The maximum absolute atomic E-state index is 13.5. The van der Waals surface area contributed by atoms with E-state index in [2.05, 4.69) is 26.5 Å². The van der Waals surface area contributed by atoms with Crippen molar-refractivity contribution >= 4 is 78.6 Å². The zero-order chi connectivity index (χ0) is 31.1. The fraction of sp³-hybridized carbons (Fsp3) is 0.133. The van der Waals surface area contributed by atoms with Gasteiger partial charge in [0.15, 0.2) is 11.5 Å². The molecule has 13 heteroatoms. The summed E-state index contributed by atoms with van der Waals surface area (Å²) in [5.74, 6) is 0.191. The third-order valence-corrected chi connectivity index (χ3v) is 9.27. The van der Waals surface area contributed by atoms with Crippen molar-refractivity contribution in [3.05, 3.63) is 115 Å². The minimum atomic E-state index is -4.09. The molecule has 4 rings (SSSR count). The normalized spacial score (nSPS) is 11.4. The maximum Gasteiger partial charge on any atom is 0.264 e. The Bertz CT molecular complexity index is 1770. The Morgan fingerprint density at radius 2 is 1.70 bits per heavy atom. The Balaban J connectivity index is 1.50. The number of carbonyl (C=O) groups is 1. The number of hydrogen-bond donors (Lipinski definition) is 1. The van der Waals surface area contributed by atoms with Gasteiger partial charge >= 0.3 is 0 Å². The quantitative estimate of drug-likeness (QED) is 0.127. The molecule has 0 bridgehead atoms. The molecule has 224 valence electrons. The summed E-state index contributed by atoms with van der Waals surface area (Å²) in [5.41, 5.74) is 4.61. The molecule has 1 amide bonds. The first-order chi connectivity index (χ1) is 20.5. The minimum absolute atomic E-state index is 0.0400. The Labute approximate surface area is 273 Å². The van der Waals surface area contributed by atoms with Gasteiger partial charge < -0.3 is 9.47 Å². The molecule has 0 unspecified atom stereocenters. The zero-order valence-corrected chi connectivity index (χ0v) is 27.5. The van der Waals surface area contributed by atoms with Crippen LogP contribution >= 0.6 is 50.7 Å². The summed E-state index contributed by atoms with van der Waals surface area (Å²) in [5, 5.41) is 5.47. The van der Waals surface area contributed by atoms with Gasteiger partial charge in [-0.15, -0.1) is 0 Å². The molecule has 8 nitrogen and oxygen atoms in total. The molecule has 4 aromatic carbocycles. The molecule has 1 N–H and O–H groups in total. The number of ether oxygens (including phenoxy) is 2. The lowest BCUT2D eigenvalue weighted by molar-refractivity contribution is -0.119. The van der Waals surface area contributed by atoms with Crippen molar-refractivity contribution in [1.29, 1.82) is 0 Å². The van der Waals surface area contributed by atoms with Gasteiger partial charge in [0.2, 0.25) is 0 Å². The Morgan fingerprint density at radius 1 is 1.00 bits per heavy atom. The second-order valence-corrected chi connectivity index (χ2v) is 13.1. The number of aryl methyl sites for hydroxylation is 1. The van der Waals surface area contributed by atoms with E-state index in [9.17, 15) is 13.2 Å². The first kappa shape index (κ1) is 32.6. The van der Waals surface area contributed by atoms with E-state index in [1.54, 1.807) is 73.7 Å². The standard InChI is InChI=1S/C30H25BrCl3N3O5S/c1-19-12-22(32)10-11-27(19)37(43(39,40)24-6-4-3-5-7-24)17-29(38)36-35-16-20-13-25(31)30(28(14-20)41-2)42-18-21-8-9-23(33)15-26(21)34/h3-16H,17-18H2,1-2H3,(H,36,38)/b35-16-. The van der Waals surface area contributed by atoms with Crippen LogP contribution in [-0.2, 0) is 21.4 Å². The van der Waals surface area contributed by atoms with Crippen LogP contribution in [0.15, 0.2) is 93.3 Å². The van der Waals surface area contributed by atoms with E-state index < -0.39 is 22.5 Å². The van der Waals surface area contributed by atoms with E-state index in [1.165, 1.54) is 25.5 Å². The fourth-order valence-electron chi connectivity index (χ4n) is 4.01. The van der Waals surface area contributed by atoms with Crippen molar-refractivity contribution in [1.82, 2.24) is 5.43 Å². The molecular formula is C30H25BrCl3N3O5S. The number of halogens is 4. The SMILES string of the molecule is COc1cc(/C=N\NC(=O)CN(c2ccc(Cl)cc2C)S(=O)(=O)c2ccccc2)cc(Br)c1OCc1ccc(Cl)cc1Cl. The van der Waals surface area contributed by atoms with E-state index >= 15 is 0 Å². The molecule has 0 spiro atoms. The van der Waals surface area contributed by atoms with Crippen LogP contribution in [-0.4, -0.2) is 34.2 Å². The summed E-state index contributed by atoms with van der Waals surface area (Å²) in [4.78, 5) is 13.0. The number of nitrogens with zero attached hydrogens (tertiary/aromatic N) is 2. The van der Waals surface area contributed by atoms with E-state index in [4.69, 9.17) is 44.3 Å². The van der Waals surface area contributed by atoms with Gasteiger partial charge in [-0.2, -0.15) is 5.10 Å². The number of benzene rings is 4. The zero-order valence-electron chi connectivity index (χ0n) is 22.9. The summed E-state index contributed by atoms with van der Waals surface area (Å²) < 4.78 is 40.1. The predicted molar refractivity (Wildman–Crippen MR) is 174 cm³/mol. The highest BCUT2D eigenvalue weighted by Gasteiger charge is 2.28. The van der Waals surface area contributed by atoms with Gasteiger partial charge in [0.05, 0.1) is 28.4 Å². The highest BCUT2D eigenvalue weighted by atomic mass is 79.9. The molecule has 0 aliphatic rings. The van der Waals surface area contributed by atoms with Crippen molar-refractivity contribution in [2.24, 2.45) is 5.10 Å². The average Bonchev–Trinajstić information content (AvgIpc) is 2.96. The first-order valence-electron chi connectivity index (χ1n) is 12.6. The number of hydrazone groups is 1. The van der Waals surface area contributed by atoms with E-state index in [0.717, 1.165) is 9.87 Å². The third kappa shape index (κ3) is 8.21. The predicted octanol–water partition coefficient (Wildman–Crippen LogP) is 7.65. The maximum atomic E-state index is 13.5. The van der Waals surface area contributed by atoms with Crippen molar-refractivity contribution in [2.45, 2.75) is 18.4 Å². The number of hydrogen-bond acceptors (Lipinski definition) is 6. The number of amides is 1. The number of carbonyl (C=O) groups excluding carboxylic acids is 1. The van der Waals surface area contributed by atoms with E-state index in [1.807, 2.05) is 0 Å². The second kappa shape index (κ2) is 14.5. The molecule has 0 saturated heterocycles. The van der Waals surface area contributed by atoms with Crippen LogP contribution in [0.2, 0.25) is 15.1 Å². The molecular weight excluding hydrogens is 701 g/mol. The molecule has 4 aromatic rings. The summed E-state index contributed by atoms with van der Waals surface area (Å²) in [6.45, 7) is 1.36. The fourth-order valence-corrected chi connectivity index (χ4v) is 6.78. The van der Waals surface area contributed by atoms with Crippen molar-refractivity contribution in [3.63, 3.8) is 0 Å². The number of methoxy groups -OCH3 is 1. The van der Waals surface area contributed by atoms with Crippen LogP contribution < -0.4 is 19.2 Å².